The van der Waals surface area contributed by atoms with E-state index in [9.17, 15) is 4.39 Å². The normalized spacial score (nSPS) is 18.3. The number of hydrogen-bond acceptors (Lipinski definition) is 5. The molecule has 0 radical (unpaired) electrons. The number of halogens is 1. The molecule has 2 aromatic carbocycles. The van der Waals surface area contributed by atoms with Crippen LogP contribution in [0.1, 0.15) is 12.0 Å². The summed E-state index contributed by atoms with van der Waals surface area (Å²) in [6.07, 6.45) is 0.873. The van der Waals surface area contributed by atoms with Crippen LogP contribution in [-0.2, 0) is 0 Å². The number of para-hydroxylation sites is 1. The summed E-state index contributed by atoms with van der Waals surface area (Å²) in [6, 6.07) is 12.2. The van der Waals surface area contributed by atoms with Crippen molar-refractivity contribution < 1.29 is 13.9 Å². The highest BCUT2D eigenvalue weighted by Crippen LogP contribution is 2.31. The quantitative estimate of drug-likeness (QED) is 0.890. The Morgan fingerprint density at radius 1 is 1.08 bits per heavy atom. The molecule has 0 fully saturated rings. The van der Waals surface area contributed by atoms with Crippen LogP contribution in [0.4, 0.5) is 10.1 Å². The van der Waals surface area contributed by atoms with E-state index in [2.05, 4.69) is 15.5 Å². The Morgan fingerprint density at radius 2 is 1.92 bits per heavy atom. The van der Waals surface area contributed by atoms with Crippen LogP contribution in [0.25, 0.3) is 0 Å². The van der Waals surface area contributed by atoms with Crippen molar-refractivity contribution in [2.45, 2.75) is 6.42 Å². The molecule has 0 bridgehead atoms. The van der Waals surface area contributed by atoms with Gasteiger partial charge in [0.25, 0.3) is 0 Å². The van der Waals surface area contributed by atoms with Gasteiger partial charge in [-0.25, -0.2) is 9.38 Å². The van der Waals surface area contributed by atoms with Crippen molar-refractivity contribution in [3.8, 4) is 11.5 Å². The van der Waals surface area contributed by atoms with Crippen molar-refractivity contribution in [1.82, 2.24) is 5.43 Å². The average molecular weight is 357 g/mol. The molecular weight excluding hydrogens is 341 g/mol. The highest BCUT2D eigenvalue weighted by atomic mass is 32.2. The maximum atomic E-state index is 13.7. The molecule has 25 heavy (non-hydrogen) atoms. The Bertz CT molecular complexity index is 854. The number of amidine groups is 1. The van der Waals surface area contributed by atoms with E-state index < -0.39 is 0 Å². The minimum absolute atomic E-state index is 0.298. The lowest BCUT2D eigenvalue weighted by molar-refractivity contribution is 0.297. The summed E-state index contributed by atoms with van der Waals surface area (Å²) < 4.78 is 25.0. The first kappa shape index (κ1) is 16.0. The summed E-state index contributed by atoms with van der Waals surface area (Å²) in [4.78, 5) is 4.27. The largest absolute Gasteiger partial charge is 0.490 e. The Morgan fingerprint density at radius 3 is 2.72 bits per heavy atom. The van der Waals surface area contributed by atoms with Gasteiger partial charge < -0.3 is 9.47 Å². The van der Waals surface area contributed by atoms with Crippen molar-refractivity contribution in [3.05, 3.63) is 53.8 Å². The number of nitrogens with zero attached hydrogens (tertiary/aromatic N) is 2. The SMILES string of the molecule is Fc1ccccc1N=C1NN=C(c2ccc3c(c2)OCCCO3)CS1. The smallest absolute Gasteiger partial charge is 0.182 e. The zero-order valence-corrected chi connectivity index (χ0v) is 14.2. The number of fused-ring (bicyclic) bond motifs is 1. The molecule has 2 heterocycles. The van der Waals surface area contributed by atoms with E-state index in [4.69, 9.17) is 9.47 Å². The third kappa shape index (κ3) is 3.61. The molecule has 128 valence electrons. The summed E-state index contributed by atoms with van der Waals surface area (Å²) in [5, 5.41) is 4.95. The van der Waals surface area contributed by atoms with E-state index in [0.717, 1.165) is 29.2 Å². The van der Waals surface area contributed by atoms with Crippen molar-refractivity contribution >= 4 is 28.3 Å². The third-order valence-electron chi connectivity index (χ3n) is 3.79. The topological polar surface area (TPSA) is 55.2 Å². The minimum atomic E-state index is -0.352. The Balaban J connectivity index is 1.53. The molecule has 0 amide bonds. The van der Waals surface area contributed by atoms with Gasteiger partial charge in [-0.3, -0.25) is 5.43 Å². The maximum absolute atomic E-state index is 13.7. The number of rotatable bonds is 2. The molecule has 2 aliphatic rings. The van der Waals surface area contributed by atoms with Crippen LogP contribution < -0.4 is 14.9 Å². The minimum Gasteiger partial charge on any atom is -0.490 e. The van der Waals surface area contributed by atoms with E-state index in [1.54, 1.807) is 18.2 Å². The lowest BCUT2D eigenvalue weighted by Gasteiger charge is -2.16. The van der Waals surface area contributed by atoms with Crippen LogP contribution in [0.2, 0.25) is 0 Å². The van der Waals surface area contributed by atoms with Crippen LogP contribution >= 0.6 is 11.8 Å². The number of aliphatic imine (C=N–C) groups is 1. The highest BCUT2D eigenvalue weighted by molar-refractivity contribution is 8.14. The van der Waals surface area contributed by atoms with E-state index in [0.29, 0.717) is 29.8 Å². The molecular formula is C18H16FN3O2S. The van der Waals surface area contributed by atoms with Gasteiger partial charge in [0.1, 0.15) is 11.5 Å². The Labute approximate surface area is 148 Å². The Kier molecular flexibility index (Phi) is 4.56. The first-order valence-electron chi connectivity index (χ1n) is 7.98. The van der Waals surface area contributed by atoms with Gasteiger partial charge in [0, 0.05) is 17.7 Å². The summed E-state index contributed by atoms with van der Waals surface area (Å²) in [7, 11) is 0. The van der Waals surface area contributed by atoms with Crippen molar-refractivity contribution in [2.75, 3.05) is 19.0 Å². The fraction of sp³-hybridized carbons (Fsp3) is 0.222. The van der Waals surface area contributed by atoms with E-state index in [1.165, 1.54) is 17.8 Å². The maximum Gasteiger partial charge on any atom is 0.182 e. The second-order valence-corrected chi connectivity index (χ2v) is 6.50. The molecule has 2 aromatic rings. The molecule has 0 aliphatic carbocycles. The average Bonchev–Trinajstić information content (AvgIpc) is 2.89. The molecule has 7 heteroatoms. The number of hydrazone groups is 1. The number of benzene rings is 2. The van der Waals surface area contributed by atoms with Gasteiger partial charge in [-0.15, -0.1) is 0 Å². The van der Waals surface area contributed by atoms with Gasteiger partial charge >= 0.3 is 0 Å². The molecule has 0 saturated carbocycles. The molecule has 5 nitrogen and oxygen atoms in total. The molecule has 1 N–H and O–H groups in total. The summed E-state index contributed by atoms with van der Waals surface area (Å²) in [5.41, 5.74) is 5.05. The standard InChI is InChI=1S/C18H16FN3O2S/c19-13-4-1-2-5-14(13)20-18-22-21-15(11-25-18)12-6-7-16-17(10-12)24-9-3-8-23-16/h1-2,4-7,10H,3,8-9,11H2,(H,20,22). The van der Waals surface area contributed by atoms with Crippen LogP contribution in [0.3, 0.4) is 0 Å². The first-order chi connectivity index (χ1) is 12.3. The number of hydrogen-bond donors (Lipinski definition) is 1. The predicted octanol–water partition coefficient (Wildman–Crippen LogP) is 3.72. The second kappa shape index (κ2) is 7.14. The molecule has 0 atom stereocenters. The second-order valence-electron chi connectivity index (χ2n) is 5.54. The lowest BCUT2D eigenvalue weighted by atomic mass is 10.1. The molecule has 0 saturated heterocycles. The number of ether oxygens (including phenoxy) is 2. The summed E-state index contributed by atoms with van der Waals surface area (Å²) in [5.74, 6) is 1.79. The van der Waals surface area contributed by atoms with Gasteiger partial charge in [-0.1, -0.05) is 23.9 Å². The zero-order chi connectivity index (χ0) is 17.1. The highest BCUT2D eigenvalue weighted by Gasteiger charge is 2.17. The van der Waals surface area contributed by atoms with Crippen LogP contribution in [0.5, 0.6) is 11.5 Å². The zero-order valence-electron chi connectivity index (χ0n) is 13.4. The van der Waals surface area contributed by atoms with E-state index in [-0.39, 0.29) is 5.82 Å². The predicted molar refractivity (Wildman–Crippen MR) is 97.7 cm³/mol. The summed E-state index contributed by atoms with van der Waals surface area (Å²) in [6.45, 7) is 1.32. The van der Waals surface area contributed by atoms with Crippen LogP contribution in [0, 0.1) is 5.82 Å². The lowest BCUT2D eigenvalue weighted by Crippen LogP contribution is -2.25. The fourth-order valence-electron chi connectivity index (χ4n) is 2.52. The first-order valence-corrected chi connectivity index (χ1v) is 8.97. The van der Waals surface area contributed by atoms with Crippen molar-refractivity contribution in [3.63, 3.8) is 0 Å². The molecule has 2 aliphatic heterocycles. The molecule has 0 spiro atoms. The molecule has 0 aromatic heterocycles. The number of nitrogens with one attached hydrogen (secondary N) is 1. The summed E-state index contributed by atoms with van der Waals surface area (Å²) >= 11 is 1.48. The molecule has 4 rings (SSSR count). The van der Waals surface area contributed by atoms with Gasteiger partial charge in [0.15, 0.2) is 16.7 Å². The molecule has 0 unspecified atom stereocenters. The van der Waals surface area contributed by atoms with Gasteiger partial charge in [-0.05, 0) is 30.3 Å². The van der Waals surface area contributed by atoms with Crippen molar-refractivity contribution in [1.29, 1.82) is 0 Å². The van der Waals surface area contributed by atoms with E-state index >= 15 is 0 Å². The van der Waals surface area contributed by atoms with E-state index in [1.807, 2.05) is 18.2 Å². The fourth-order valence-corrected chi connectivity index (χ4v) is 3.29. The van der Waals surface area contributed by atoms with Crippen LogP contribution in [-0.4, -0.2) is 29.8 Å². The van der Waals surface area contributed by atoms with Gasteiger partial charge in [-0.2, -0.15) is 5.10 Å². The van der Waals surface area contributed by atoms with Gasteiger partial charge in [0.05, 0.1) is 18.9 Å². The van der Waals surface area contributed by atoms with Gasteiger partial charge in [0.2, 0.25) is 0 Å². The van der Waals surface area contributed by atoms with Crippen molar-refractivity contribution in [2.24, 2.45) is 10.1 Å². The third-order valence-corrected chi connectivity index (χ3v) is 4.66. The monoisotopic (exact) mass is 357 g/mol. The Hall–Kier alpha value is -2.54. The van der Waals surface area contributed by atoms with Crippen LogP contribution in [0.15, 0.2) is 52.6 Å². The number of thioether (sulfide) groups is 1.